The van der Waals surface area contributed by atoms with Gasteiger partial charge >= 0.3 is 0 Å². The lowest BCUT2D eigenvalue weighted by atomic mass is 10.0. The fraction of sp³-hybridized carbons (Fsp3) is 0.167. The van der Waals surface area contributed by atoms with E-state index in [0.29, 0.717) is 17.7 Å². The molecule has 2 N–H and O–H groups in total. The lowest BCUT2D eigenvalue weighted by Crippen LogP contribution is -2.06. The Morgan fingerprint density at radius 2 is 1.62 bits per heavy atom. The molecule has 0 aliphatic rings. The molecule has 3 nitrogen and oxygen atoms in total. The number of terminal acetylenes is 1. The fourth-order valence-electron chi connectivity index (χ4n) is 2.04. The SMILES string of the molecule is C#CCNc1ccc(C(=O)c2ccc(CNC)cc2)cc1. The van der Waals surface area contributed by atoms with Gasteiger partial charge in [0.1, 0.15) is 0 Å². The molecule has 0 saturated carbocycles. The number of ketones is 1. The average molecular weight is 278 g/mol. The van der Waals surface area contributed by atoms with Crippen LogP contribution in [0.5, 0.6) is 0 Å². The summed E-state index contributed by atoms with van der Waals surface area (Å²) >= 11 is 0. The molecule has 0 spiro atoms. The number of nitrogens with one attached hydrogen (secondary N) is 2. The number of benzene rings is 2. The number of hydrogen-bond acceptors (Lipinski definition) is 3. The van der Waals surface area contributed by atoms with E-state index in [0.717, 1.165) is 17.8 Å². The molecule has 0 saturated heterocycles. The zero-order valence-electron chi connectivity index (χ0n) is 12.0. The summed E-state index contributed by atoms with van der Waals surface area (Å²) in [4.78, 5) is 12.4. The lowest BCUT2D eigenvalue weighted by molar-refractivity contribution is 0.103. The van der Waals surface area contributed by atoms with E-state index in [2.05, 4.69) is 16.6 Å². The molecule has 0 heterocycles. The molecule has 0 aromatic heterocycles. The molecule has 2 rings (SSSR count). The first-order chi connectivity index (χ1) is 10.2. The summed E-state index contributed by atoms with van der Waals surface area (Å²) in [6, 6.07) is 15.0. The van der Waals surface area contributed by atoms with E-state index >= 15 is 0 Å². The van der Waals surface area contributed by atoms with E-state index in [1.54, 1.807) is 0 Å². The molecule has 0 bridgehead atoms. The third-order valence-electron chi connectivity index (χ3n) is 3.14. The summed E-state index contributed by atoms with van der Waals surface area (Å²) in [6.45, 7) is 1.27. The minimum Gasteiger partial charge on any atom is -0.374 e. The van der Waals surface area contributed by atoms with Gasteiger partial charge in [-0.2, -0.15) is 0 Å². The van der Waals surface area contributed by atoms with Crippen LogP contribution in [0.25, 0.3) is 0 Å². The predicted octanol–water partition coefficient (Wildman–Crippen LogP) is 2.68. The third-order valence-corrected chi connectivity index (χ3v) is 3.14. The Morgan fingerprint density at radius 3 is 2.14 bits per heavy atom. The monoisotopic (exact) mass is 278 g/mol. The molecule has 106 valence electrons. The number of rotatable bonds is 6. The Kier molecular flexibility index (Phi) is 5.14. The second-order valence-corrected chi connectivity index (χ2v) is 4.69. The number of anilines is 1. The van der Waals surface area contributed by atoms with Crippen molar-refractivity contribution in [3.63, 3.8) is 0 Å². The fourth-order valence-corrected chi connectivity index (χ4v) is 2.04. The molecule has 2 aromatic carbocycles. The number of carbonyl (C=O) groups is 1. The van der Waals surface area contributed by atoms with Crippen molar-refractivity contribution in [1.82, 2.24) is 5.32 Å². The van der Waals surface area contributed by atoms with E-state index in [-0.39, 0.29) is 5.78 Å². The largest absolute Gasteiger partial charge is 0.374 e. The summed E-state index contributed by atoms with van der Waals surface area (Å²) in [7, 11) is 1.90. The van der Waals surface area contributed by atoms with Crippen LogP contribution in [0, 0.1) is 12.3 Å². The van der Waals surface area contributed by atoms with Gasteiger partial charge in [-0.15, -0.1) is 6.42 Å². The second kappa shape index (κ2) is 7.28. The van der Waals surface area contributed by atoms with E-state index in [9.17, 15) is 4.79 Å². The van der Waals surface area contributed by atoms with Crippen LogP contribution in [-0.4, -0.2) is 19.4 Å². The van der Waals surface area contributed by atoms with Crippen LogP contribution in [0.3, 0.4) is 0 Å². The zero-order valence-corrected chi connectivity index (χ0v) is 12.0. The van der Waals surface area contributed by atoms with Crippen molar-refractivity contribution in [2.75, 3.05) is 18.9 Å². The summed E-state index contributed by atoms with van der Waals surface area (Å²) in [6.07, 6.45) is 5.19. The molecule has 0 atom stereocenters. The normalized spacial score (nSPS) is 9.90. The molecule has 2 aromatic rings. The highest BCUT2D eigenvalue weighted by atomic mass is 16.1. The maximum atomic E-state index is 12.4. The molecule has 0 aliphatic carbocycles. The van der Waals surface area contributed by atoms with Crippen molar-refractivity contribution < 1.29 is 4.79 Å². The zero-order chi connectivity index (χ0) is 15.1. The van der Waals surface area contributed by atoms with Gasteiger partial charge in [-0.1, -0.05) is 30.2 Å². The van der Waals surface area contributed by atoms with Crippen LogP contribution >= 0.6 is 0 Å². The quantitative estimate of drug-likeness (QED) is 0.630. The average Bonchev–Trinajstić information content (AvgIpc) is 2.54. The highest BCUT2D eigenvalue weighted by molar-refractivity contribution is 6.09. The van der Waals surface area contributed by atoms with Crippen molar-refractivity contribution >= 4 is 11.5 Å². The Morgan fingerprint density at radius 1 is 1.05 bits per heavy atom. The minimum absolute atomic E-state index is 0.0227. The van der Waals surface area contributed by atoms with Gasteiger partial charge in [-0.05, 0) is 36.9 Å². The van der Waals surface area contributed by atoms with E-state index in [1.807, 2.05) is 55.6 Å². The highest BCUT2D eigenvalue weighted by Crippen LogP contribution is 2.14. The molecular formula is C18H18N2O. The van der Waals surface area contributed by atoms with Gasteiger partial charge in [-0.25, -0.2) is 0 Å². The van der Waals surface area contributed by atoms with Gasteiger partial charge in [0.25, 0.3) is 0 Å². The van der Waals surface area contributed by atoms with Crippen LogP contribution in [0.4, 0.5) is 5.69 Å². The van der Waals surface area contributed by atoms with Crippen molar-refractivity contribution in [3.05, 3.63) is 65.2 Å². The van der Waals surface area contributed by atoms with E-state index < -0.39 is 0 Å². The van der Waals surface area contributed by atoms with Crippen LogP contribution in [0.2, 0.25) is 0 Å². The smallest absolute Gasteiger partial charge is 0.193 e. The number of carbonyl (C=O) groups excluding carboxylic acids is 1. The standard InChI is InChI=1S/C18H18N2O/c1-3-12-20-17-10-8-16(9-11-17)18(21)15-6-4-14(5-7-15)13-19-2/h1,4-11,19-20H,12-13H2,2H3. The van der Waals surface area contributed by atoms with Crippen LogP contribution in [0.15, 0.2) is 48.5 Å². The maximum absolute atomic E-state index is 12.4. The van der Waals surface area contributed by atoms with Crippen molar-refractivity contribution in [3.8, 4) is 12.3 Å². The van der Waals surface area contributed by atoms with Gasteiger partial charge in [-0.3, -0.25) is 4.79 Å². The Hall–Kier alpha value is -2.57. The van der Waals surface area contributed by atoms with E-state index in [4.69, 9.17) is 6.42 Å². The van der Waals surface area contributed by atoms with Crippen molar-refractivity contribution in [2.24, 2.45) is 0 Å². The molecule has 3 heteroatoms. The second-order valence-electron chi connectivity index (χ2n) is 4.69. The Balaban J connectivity index is 2.10. The topological polar surface area (TPSA) is 41.1 Å². The first-order valence-electron chi connectivity index (χ1n) is 6.80. The Labute approximate surface area is 125 Å². The molecule has 0 radical (unpaired) electrons. The van der Waals surface area contributed by atoms with Gasteiger partial charge < -0.3 is 10.6 Å². The first kappa shape index (κ1) is 14.8. The molecular weight excluding hydrogens is 260 g/mol. The molecule has 0 amide bonds. The Bertz CT molecular complexity index is 636. The van der Waals surface area contributed by atoms with Crippen LogP contribution < -0.4 is 10.6 Å². The van der Waals surface area contributed by atoms with Gasteiger partial charge in [0.15, 0.2) is 5.78 Å². The van der Waals surface area contributed by atoms with E-state index in [1.165, 1.54) is 0 Å². The van der Waals surface area contributed by atoms with Crippen LogP contribution in [-0.2, 0) is 6.54 Å². The van der Waals surface area contributed by atoms with Gasteiger partial charge in [0.05, 0.1) is 6.54 Å². The minimum atomic E-state index is 0.0227. The summed E-state index contributed by atoms with van der Waals surface area (Å²) in [5.41, 5.74) is 3.43. The molecule has 0 unspecified atom stereocenters. The molecule has 0 fully saturated rings. The van der Waals surface area contributed by atoms with Crippen molar-refractivity contribution in [1.29, 1.82) is 0 Å². The highest BCUT2D eigenvalue weighted by Gasteiger charge is 2.08. The third kappa shape index (κ3) is 3.95. The molecule has 0 aliphatic heterocycles. The summed E-state index contributed by atoms with van der Waals surface area (Å²) in [5, 5.41) is 6.15. The lowest BCUT2D eigenvalue weighted by Gasteiger charge is -2.06. The van der Waals surface area contributed by atoms with Gasteiger partial charge in [0, 0.05) is 23.4 Å². The summed E-state index contributed by atoms with van der Waals surface area (Å²) < 4.78 is 0. The summed E-state index contributed by atoms with van der Waals surface area (Å²) in [5.74, 6) is 2.53. The van der Waals surface area contributed by atoms with Crippen molar-refractivity contribution in [2.45, 2.75) is 6.54 Å². The van der Waals surface area contributed by atoms with Crippen LogP contribution in [0.1, 0.15) is 21.5 Å². The number of hydrogen-bond donors (Lipinski definition) is 2. The first-order valence-corrected chi connectivity index (χ1v) is 6.80. The predicted molar refractivity (Wildman–Crippen MR) is 86.4 cm³/mol. The van der Waals surface area contributed by atoms with Gasteiger partial charge in [0.2, 0.25) is 0 Å². The molecule has 21 heavy (non-hydrogen) atoms. The maximum Gasteiger partial charge on any atom is 0.193 e.